The van der Waals surface area contributed by atoms with Gasteiger partial charge in [-0.1, -0.05) is 6.07 Å². The highest BCUT2D eigenvalue weighted by atomic mass is 19.2. The molecule has 0 radical (unpaired) electrons. The zero-order chi connectivity index (χ0) is 20.0. The molecule has 0 unspecified atom stereocenters. The molecule has 2 aromatic carbocycles. The number of rotatable bonds is 7. The third kappa shape index (κ3) is 5.80. The Kier molecular flexibility index (Phi) is 6.92. The number of benzene rings is 2. The number of hydrogen-bond donors (Lipinski definition) is 2. The molecule has 0 saturated heterocycles. The predicted octanol–water partition coefficient (Wildman–Crippen LogP) is 3.63. The van der Waals surface area contributed by atoms with Gasteiger partial charge in [0.25, 0.3) is 5.91 Å². The van der Waals surface area contributed by atoms with Gasteiger partial charge in [-0.25, -0.2) is 17.6 Å². The lowest BCUT2D eigenvalue weighted by molar-refractivity contribution is -0.121. The van der Waals surface area contributed by atoms with E-state index in [4.69, 9.17) is 0 Å². The summed E-state index contributed by atoms with van der Waals surface area (Å²) in [5.74, 6) is -4.76. The Labute approximate surface area is 153 Å². The van der Waals surface area contributed by atoms with E-state index in [1.807, 2.05) is 0 Å². The molecule has 1 atom stereocenters. The molecule has 0 aromatic heterocycles. The number of halogens is 4. The highest BCUT2D eigenvalue weighted by Crippen LogP contribution is 2.16. The number of carbonyl (C=O) groups is 2. The minimum Gasteiger partial charge on any atom is -0.352 e. The van der Waals surface area contributed by atoms with E-state index in [1.165, 1.54) is 6.07 Å². The summed E-state index contributed by atoms with van der Waals surface area (Å²) in [5.41, 5.74) is 0.134. The van der Waals surface area contributed by atoms with Crippen LogP contribution in [0, 0.1) is 23.3 Å². The Morgan fingerprint density at radius 1 is 0.963 bits per heavy atom. The molecule has 0 aliphatic heterocycles. The summed E-state index contributed by atoms with van der Waals surface area (Å²) in [4.78, 5) is 23.7. The number of hydrogen-bond acceptors (Lipinski definition) is 2. The molecule has 2 amide bonds. The molecule has 2 N–H and O–H groups in total. The van der Waals surface area contributed by atoms with Gasteiger partial charge in [-0.05, 0) is 43.2 Å². The monoisotopic (exact) mass is 382 g/mol. The van der Waals surface area contributed by atoms with Crippen LogP contribution in [0.3, 0.4) is 0 Å². The van der Waals surface area contributed by atoms with Gasteiger partial charge >= 0.3 is 0 Å². The van der Waals surface area contributed by atoms with Crippen molar-refractivity contribution in [2.45, 2.75) is 25.8 Å². The van der Waals surface area contributed by atoms with Crippen LogP contribution in [0.1, 0.15) is 41.7 Å². The average molecular weight is 382 g/mol. The summed E-state index contributed by atoms with van der Waals surface area (Å²) in [6, 6.07) is 5.48. The second-order valence-corrected chi connectivity index (χ2v) is 5.95. The molecule has 0 aliphatic rings. The first-order chi connectivity index (χ1) is 12.8. The van der Waals surface area contributed by atoms with Gasteiger partial charge in [0.05, 0.1) is 11.6 Å². The van der Waals surface area contributed by atoms with Gasteiger partial charge in [0, 0.05) is 19.0 Å². The zero-order valence-electron chi connectivity index (χ0n) is 14.5. The first kappa shape index (κ1) is 20.4. The van der Waals surface area contributed by atoms with Gasteiger partial charge in [-0.2, -0.15) is 0 Å². The van der Waals surface area contributed by atoms with E-state index in [0.29, 0.717) is 11.6 Å². The maximum Gasteiger partial charge on any atom is 0.254 e. The molecule has 8 heteroatoms. The Hall–Kier alpha value is -2.90. The van der Waals surface area contributed by atoms with Crippen LogP contribution in [-0.4, -0.2) is 18.4 Å². The zero-order valence-corrected chi connectivity index (χ0v) is 14.5. The summed E-state index contributed by atoms with van der Waals surface area (Å²) < 4.78 is 52.4. The molecule has 144 valence electrons. The van der Waals surface area contributed by atoms with Crippen molar-refractivity contribution in [3.05, 3.63) is 70.8 Å². The standard InChI is InChI=1S/C19H18F4N2O2/c1-11(12-4-7-15(21)17(23)9-12)25-18(26)3-2-8-24-19(27)14-6-5-13(20)10-16(14)22/h4-7,9-11H,2-3,8H2,1H3,(H,24,27)(H,25,26)/t11-/m0/s1. The van der Waals surface area contributed by atoms with Crippen molar-refractivity contribution in [2.75, 3.05) is 6.54 Å². The van der Waals surface area contributed by atoms with Crippen molar-refractivity contribution >= 4 is 11.8 Å². The second kappa shape index (κ2) is 9.16. The molecule has 0 heterocycles. The molecule has 0 aliphatic carbocycles. The highest BCUT2D eigenvalue weighted by Gasteiger charge is 2.14. The first-order valence-corrected chi connectivity index (χ1v) is 8.25. The van der Waals surface area contributed by atoms with Gasteiger partial charge in [-0.15, -0.1) is 0 Å². The molecule has 0 fully saturated rings. The van der Waals surface area contributed by atoms with E-state index in [-0.39, 0.29) is 30.9 Å². The smallest absolute Gasteiger partial charge is 0.254 e. The molecule has 27 heavy (non-hydrogen) atoms. The number of carbonyl (C=O) groups excluding carboxylic acids is 2. The van der Waals surface area contributed by atoms with E-state index < -0.39 is 35.2 Å². The lowest BCUT2D eigenvalue weighted by Crippen LogP contribution is -2.29. The topological polar surface area (TPSA) is 58.2 Å². The van der Waals surface area contributed by atoms with Crippen molar-refractivity contribution in [3.63, 3.8) is 0 Å². The predicted molar refractivity (Wildman–Crippen MR) is 90.8 cm³/mol. The molecule has 0 saturated carbocycles. The number of amides is 2. The van der Waals surface area contributed by atoms with E-state index in [0.717, 1.165) is 24.3 Å². The van der Waals surface area contributed by atoms with Crippen molar-refractivity contribution < 1.29 is 27.2 Å². The molecule has 0 spiro atoms. The second-order valence-electron chi connectivity index (χ2n) is 5.95. The van der Waals surface area contributed by atoms with E-state index >= 15 is 0 Å². The van der Waals surface area contributed by atoms with Crippen molar-refractivity contribution in [1.29, 1.82) is 0 Å². The molecule has 2 aromatic rings. The molecular formula is C19H18F4N2O2. The van der Waals surface area contributed by atoms with Crippen molar-refractivity contribution in [3.8, 4) is 0 Å². The van der Waals surface area contributed by atoms with Crippen LogP contribution in [0.2, 0.25) is 0 Å². The van der Waals surface area contributed by atoms with E-state index in [9.17, 15) is 27.2 Å². The summed E-state index contributed by atoms with van der Waals surface area (Å²) in [6.07, 6.45) is 0.352. The van der Waals surface area contributed by atoms with Gasteiger partial charge in [0.2, 0.25) is 5.91 Å². The summed E-state index contributed by atoms with van der Waals surface area (Å²) in [5, 5.41) is 5.08. The van der Waals surface area contributed by atoms with Gasteiger partial charge in [-0.3, -0.25) is 9.59 Å². The highest BCUT2D eigenvalue weighted by molar-refractivity contribution is 5.94. The maximum absolute atomic E-state index is 13.5. The van der Waals surface area contributed by atoms with Crippen molar-refractivity contribution in [1.82, 2.24) is 10.6 Å². The lowest BCUT2D eigenvalue weighted by Gasteiger charge is -2.14. The first-order valence-electron chi connectivity index (χ1n) is 8.25. The third-order valence-corrected chi connectivity index (χ3v) is 3.86. The van der Waals surface area contributed by atoms with Crippen LogP contribution in [0.25, 0.3) is 0 Å². The molecular weight excluding hydrogens is 364 g/mol. The fourth-order valence-electron chi connectivity index (χ4n) is 2.40. The van der Waals surface area contributed by atoms with Crippen LogP contribution in [-0.2, 0) is 4.79 Å². The number of nitrogens with one attached hydrogen (secondary N) is 2. The van der Waals surface area contributed by atoms with E-state index in [1.54, 1.807) is 6.92 Å². The summed E-state index contributed by atoms with van der Waals surface area (Å²) in [7, 11) is 0. The van der Waals surface area contributed by atoms with Gasteiger partial charge in [0.15, 0.2) is 11.6 Å². The fourth-order valence-corrected chi connectivity index (χ4v) is 2.40. The Balaban J connectivity index is 1.75. The Morgan fingerprint density at radius 3 is 2.37 bits per heavy atom. The van der Waals surface area contributed by atoms with E-state index in [2.05, 4.69) is 10.6 Å². The minimum atomic E-state index is -0.996. The molecule has 0 bridgehead atoms. The molecule has 2 rings (SSSR count). The van der Waals surface area contributed by atoms with Gasteiger partial charge in [0.1, 0.15) is 11.6 Å². The third-order valence-electron chi connectivity index (χ3n) is 3.86. The van der Waals surface area contributed by atoms with Crippen LogP contribution in [0.15, 0.2) is 36.4 Å². The summed E-state index contributed by atoms with van der Waals surface area (Å²) >= 11 is 0. The Bertz CT molecular complexity index is 842. The van der Waals surface area contributed by atoms with Crippen molar-refractivity contribution in [2.24, 2.45) is 0 Å². The fraction of sp³-hybridized carbons (Fsp3) is 0.263. The van der Waals surface area contributed by atoms with Crippen LogP contribution in [0.4, 0.5) is 17.6 Å². The summed E-state index contributed by atoms with van der Waals surface area (Å²) in [6.45, 7) is 1.74. The minimum absolute atomic E-state index is 0.0696. The maximum atomic E-state index is 13.5. The largest absolute Gasteiger partial charge is 0.352 e. The van der Waals surface area contributed by atoms with Crippen LogP contribution < -0.4 is 10.6 Å². The average Bonchev–Trinajstić information content (AvgIpc) is 2.60. The van der Waals surface area contributed by atoms with Gasteiger partial charge < -0.3 is 10.6 Å². The quantitative estimate of drug-likeness (QED) is 0.568. The normalized spacial score (nSPS) is 11.7. The van der Waals surface area contributed by atoms with Crippen LogP contribution in [0.5, 0.6) is 0 Å². The SMILES string of the molecule is C[C@H](NC(=O)CCCNC(=O)c1ccc(F)cc1F)c1ccc(F)c(F)c1. The van der Waals surface area contributed by atoms with Crippen LogP contribution >= 0.6 is 0 Å². The molecule has 4 nitrogen and oxygen atoms in total. The Morgan fingerprint density at radius 2 is 1.70 bits per heavy atom. The lowest BCUT2D eigenvalue weighted by atomic mass is 10.1.